The van der Waals surface area contributed by atoms with E-state index in [1.165, 1.54) is 11.1 Å². The predicted octanol–water partition coefficient (Wildman–Crippen LogP) is 4.15. The van der Waals surface area contributed by atoms with Crippen LogP contribution in [0.3, 0.4) is 0 Å². The summed E-state index contributed by atoms with van der Waals surface area (Å²) < 4.78 is 11.2. The van der Waals surface area contributed by atoms with E-state index in [0.717, 1.165) is 19.3 Å². The molecule has 1 fully saturated rings. The summed E-state index contributed by atoms with van der Waals surface area (Å²) in [4.78, 5) is 30.5. The van der Waals surface area contributed by atoms with Gasteiger partial charge in [-0.25, -0.2) is 9.59 Å². The molecule has 0 aliphatic heterocycles. The maximum atomic E-state index is 12.4. The van der Waals surface area contributed by atoms with Crippen LogP contribution in [0.2, 0.25) is 0 Å². The smallest absolute Gasteiger partial charge is 0.345 e. The minimum atomic E-state index is -0.488. The summed E-state index contributed by atoms with van der Waals surface area (Å²) in [5.74, 6) is 0.609. The average molecular weight is 362 g/mol. The summed E-state index contributed by atoms with van der Waals surface area (Å²) in [7, 11) is 0. The van der Waals surface area contributed by atoms with E-state index < -0.39 is 11.9 Å². The Balaban J connectivity index is 1.50. The first-order valence-electron chi connectivity index (χ1n) is 9.07. The van der Waals surface area contributed by atoms with Crippen molar-refractivity contribution in [3.05, 3.63) is 71.3 Å². The fraction of sp³-hybridized carbons (Fsp3) is 0.238. The highest BCUT2D eigenvalue weighted by atomic mass is 16.6. The van der Waals surface area contributed by atoms with Crippen LogP contribution in [0.5, 0.6) is 11.5 Å². The fourth-order valence-electron chi connectivity index (χ4n) is 4.22. The molecule has 2 bridgehead atoms. The first-order chi connectivity index (χ1) is 13.2. The number of esters is 2. The summed E-state index contributed by atoms with van der Waals surface area (Å²) in [6.45, 7) is 0. The zero-order chi connectivity index (χ0) is 18.4. The Morgan fingerprint density at radius 1 is 0.815 bits per heavy atom. The molecule has 6 heteroatoms. The number of ether oxygens (including phenoxy) is 2. The Kier molecular flexibility index (Phi) is 3.63. The molecule has 0 radical (unpaired) electrons. The maximum Gasteiger partial charge on any atom is 0.345 e. The number of benzene rings is 1. The van der Waals surface area contributed by atoms with E-state index in [2.05, 4.69) is 9.97 Å². The zero-order valence-electron chi connectivity index (χ0n) is 14.5. The highest BCUT2D eigenvalue weighted by Crippen LogP contribution is 2.55. The molecule has 27 heavy (non-hydrogen) atoms. The van der Waals surface area contributed by atoms with Gasteiger partial charge in [-0.05, 0) is 66.5 Å². The molecular weight excluding hydrogens is 344 g/mol. The Morgan fingerprint density at radius 3 is 1.70 bits per heavy atom. The molecule has 2 atom stereocenters. The second-order valence-electron chi connectivity index (χ2n) is 7.11. The summed E-state index contributed by atoms with van der Waals surface area (Å²) in [5.41, 5.74) is 3.26. The van der Waals surface area contributed by atoms with Crippen molar-refractivity contribution >= 4 is 11.9 Å². The average Bonchev–Trinajstić information content (AvgIpc) is 3.47. The highest BCUT2D eigenvalue weighted by Gasteiger charge is 2.38. The Morgan fingerprint density at radius 2 is 1.30 bits per heavy atom. The lowest BCUT2D eigenvalue weighted by Crippen LogP contribution is -2.13. The Labute approximate surface area is 155 Å². The second kappa shape index (κ2) is 6.16. The molecule has 0 spiro atoms. The number of carbonyl (C=O) groups is 2. The molecule has 3 aromatic rings. The van der Waals surface area contributed by atoms with Crippen molar-refractivity contribution in [2.75, 3.05) is 0 Å². The van der Waals surface area contributed by atoms with Crippen molar-refractivity contribution in [1.82, 2.24) is 9.97 Å². The number of rotatable bonds is 4. The van der Waals surface area contributed by atoms with Gasteiger partial charge in [-0.2, -0.15) is 0 Å². The number of aromatic nitrogens is 2. The van der Waals surface area contributed by atoms with Gasteiger partial charge in [0.25, 0.3) is 0 Å². The number of hydrogen-bond acceptors (Lipinski definition) is 4. The lowest BCUT2D eigenvalue weighted by molar-refractivity contribution is 0.0682. The van der Waals surface area contributed by atoms with Gasteiger partial charge in [-0.15, -0.1) is 0 Å². The van der Waals surface area contributed by atoms with Crippen molar-refractivity contribution in [3.63, 3.8) is 0 Å². The second-order valence-corrected chi connectivity index (χ2v) is 7.11. The van der Waals surface area contributed by atoms with E-state index >= 15 is 0 Å². The summed E-state index contributed by atoms with van der Waals surface area (Å²) in [6, 6.07) is 7.04. The third-order valence-electron chi connectivity index (χ3n) is 5.53. The van der Waals surface area contributed by atoms with Crippen molar-refractivity contribution in [1.29, 1.82) is 0 Å². The van der Waals surface area contributed by atoms with Crippen molar-refractivity contribution in [2.24, 2.45) is 0 Å². The van der Waals surface area contributed by atoms with Crippen LogP contribution in [-0.2, 0) is 0 Å². The molecule has 2 heterocycles. The van der Waals surface area contributed by atoms with Crippen LogP contribution in [0.1, 0.15) is 62.9 Å². The molecule has 5 rings (SSSR count). The van der Waals surface area contributed by atoms with Gasteiger partial charge in [0.05, 0.1) is 11.1 Å². The molecule has 2 aromatic heterocycles. The van der Waals surface area contributed by atoms with Crippen LogP contribution in [-0.4, -0.2) is 21.9 Å². The Bertz CT molecular complexity index is 924. The van der Waals surface area contributed by atoms with Crippen LogP contribution in [0, 0.1) is 0 Å². The molecule has 6 nitrogen and oxygen atoms in total. The van der Waals surface area contributed by atoms with E-state index in [0.29, 0.717) is 23.0 Å². The van der Waals surface area contributed by atoms with Crippen molar-refractivity contribution < 1.29 is 19.1 Å². The summed E-state index contributed by atoms with van der Waals surface area (Å²) in [5, 5.41) is 0. The van der Waals surface area contributed by atoms with Gasteiger partial charge in [0.15, 0.2) is 11.5 Å². The largest absolute Gasteiger partial charge is 0.419 e. The molecule has 0 saturated heterocycles. The van der Waals surface area contributed by atoms with E-state index in [1.807, 2.05) is 12.1 Å². The minimum absolute atomic E-state index is 0.288. The number of hydrogen-bond donors (Lipinski definition) is 2. The molecule has 2 aliphatic rings. The minimum Gasteiger partial charge on any atom is -0.419 e. The molecule has 0 amide bonds. The molecule has 2 unspecified atom stereocenters. The van der Waals surface area contributed by atoms with E-state index in [4.69, 9.17) is 9.47 Å². The van der Waals surface area contributed by atoms with E-state index in [9.17, 15) is 9.59 Å². The topological polar surface area (TPSA) is 84.2 Å². The summed E-state index contributed by atoms with van der Waals surface area (Å²) >= 11 is 0. The normalized spacial score (nSPS) is 19.7. The first kappa shape index (κ1) is 15.9. The number of H-pyrrole nitrogens is 2. The third-order valence-corrected chi connectivity index (χ3v) is 5.53. The lowest BCUT2D eigenvalue weighted by atomic mass is 9.91. The van der Waals surface area contributed by atoms with Gasteiger partial charge in [-0.1, -0.05) is 0 Å². The zero-order valence-corrected chi connectivity index (χ0v) is 14.5. The van der Waals surface area contributed by atoms with Gasteiger partial charge in [0, 0.05) is 24.8 Å². The quantitative estimate of drug-likeness (QED) is 0.539. The van der Waals surface area contributed by atoms with Crippen molar-refractivity contribution in [3.8, 4) is 11.5 Å². The maximum absolute atomic E-state index is 12.4. The monoisotopic (exact) mass is 362 g/mol. The van der Waals surface area contributed by atoms with Gasteiger partial charge >= 0.3 is 11.9 Å². The molecule has 1 aromatic carbocycles. The molecular formula is C21H18N2O4. The number of nitrogens with one attached hydrogen (secondary N) is 2. The Hall–Kier alpha value is -3.28. The molecule has 2 N–H and O–H groups in total. The van der Waals surface area contributed by atoms with E-state index in [-0.39, 0.29) is 11.5 Å². The van der Waals surface area contributed by atoms with Crippen LogP contribution in [0.15, 0.2) is 49.1 Å². The highest BCUT2D eigenvalue weighted by molar-refractivity contribution is 5.93. The van der Waals surface area contributed by atoms with Gasteiger partial charge in [-0.3, -0.25) is 0 Å². The molecule has 2 aliphatic carbocycles. The SMILES string of the molecule is O=C(Oc1cc2c(cc1OC(=O)c1cc[nH]c1)C1CCC2C1)c1cc[nH]c1. The van der Waals surface area contributed by atoms with Crippen LogP contribution in [0.25, 0.3) is 0 Å². The number of aromatic amines is 2. The number of fused-ring (bicyclic) bond motifs is 5. The van der Waals surface area contributed by atoms with Gasteiger partial charge in [0.1, 0.15) is 0 Å². The van der Waals surface area contributed by atoms with E-state index in [1.54, 1.807) is 36.9 Å². The van der Waals surface area contributed by atoms with Gasteiger partial charge in [0.2, 0.25) is 0 Å². The summed E-state index contributed by atoms with van der Waals surface area (Å²) in [6.07, 6.45) is 9.90. The third kappa shape index (κ3) is 2.73. The predicted molar refractivity (Wildman–Crippen MR) is 97.3 cm³/mol. The standard InChI is InChI=1S/C21H18N2O4/c24-20(14-3-5-22-10-14)26-18-8-16-12-1-2-13(7-12)17(16)9-19(18)27-21(25)15-4-6-23-11-15/h3-6,8-13,22-23H,1-2,7H2. The van der Waals surface area contributed by atoms with Gasteiger partial charge < -0.3 is 19.4 Å². The lowest BCUT2D eigenvalue weighted by Gasteiger charge is -2.18. The first-order valence-corrected chi connectivity index (χ1v) is 9.07. The number of carbonyl (C=O) groups excluding carboxylic acids is 2. The van der Waals surface area contributed by atoms with Crippen molar-refractivity contribution in [2.45, 2.75) is 31.1 Å². The molecule has 1 saturated carbocycles. The fourth-order valence-corrected chi connectivity index (χ4v) is 4.22. The van der Waals surface area contributed by atoms with Crippen LogP contribution >= 0.6 is 0 Å². The molecule has 136 valence electrons. The van der Waals surface area contributed by atoms with Crippen LogP contribution < -0.4 is 9.47 Å². The van der Waals surface area contributed by atoms with Crippen LogP contribution in [0.4, 0.5) is 0 Å².